The predicted molar refractivity (Wildman–Crippen MR) is 102 cm³/mol. The SMILES string of the molecule is COc1ccc(OC)c(NC(=O)CN(C(C)=O)c2cccc(Cl)c2C)c1. The molecule has 0 radical (unpaired) electrons. The molecule has 0 bridgehead atoms. The number of anilines is 2. The third-order valence-electron chi connectivity index (χ3n) is 3.89. The van der Waals surface area contributed by atoms with Gasteiger partial charge >= 0.3 is 0 Å². The zero-order valence-electron chi connectivity index (χ0n) is 15.1. The van der Waals surface area contributed by atoms with Crippen LogP contribution >= 0.6 is 11.6 Å². The lowest BCUT2D eigenvalue weighted by molar-refractivity contribution is -0.120. The molecule has 138 valence electrons. The number of hydrogen-bond acceptors (Lipinski definition) is 4. The van der Waals surface area contributed by atoms with Crippen LogP contribution in [-0.4, -0.2) is 32.6 Å². The Morgan fingerprint density at radius 2 is 1.88 bits per heavy atom. The summed E-state index contributed by atoms with van der Waals surface area (Å²) in [6, 6.07) is 10.3. The van der Waals surface area contributed by atoms with Gasteiger partial charge in [-0.3, -0.25) is 9.59 Å². The van der Waals surface area contributed by atoms with Gasteiger partial charge in [0.15, 0.2) is 0 Å². The second-order valence-corrected chi connectivity index (χ2v) is 6.01. The normalized spacial score (nSPS) is 10.2. The molecule has 6 nitrogen and oxygen atoms in total. The van der Waals surface area contributed by atoms with Crippen molar-refractivity contribution in [1.82, 2.24) is 0 Å². The van der Waals surface area contributed by atoms with Crippen LogP contribution in [0.3, 0.4) is 0 Å². The molecule has 0 aliphatic heterocycles. The maximum Gasteiger partial charge on any atom is 0.244 e. The van der Waals surface area contributed by atoms with Crippen molar-refractivity contribution in [1.29, 1.82) is 0 Å². The van der Waals surface area contributed by atoms with E-state index in [9.17, 15) is 9.59 Å². The van der Waals surface area contributed by atoms with Crippen molar-refractivity contribution in [3.05, 3.63) is 47.0 Å². The molecule has 0 aromatic heterocycles. The van der Waals surface area contributed by atoms with Crippen LogP contribution in [0.25, 0.3) is 0 Å². The number of hydrogen-bond donors (Lipinski definition) is 1. The van der Waals surface area contributed by atoms with Crippen molar-refractivity contribution in [2.24, 2.45) is 0 Å². The van der Waals surface area contributed by atoms with Crippen LogP contribution in [0.1, 0.15) is 12.5 Å². The Hall–Kier alpha value is -2.73. The van der Waals surface area contributed by atoms with Gasteiger partial charge in [0, 0.05) is 23.7 Å². The van der Waals surface area contributed by atoms with Crippen LogP contribution in [-0.2, 0) is 9.59 Å². The fraction of sp³-hybridized carbons (Fsp3) is 0.263. The first-order valence-corrected chi connectivity index (χ1v) is 8.30. The van der Waals surface area contributed by atoms with Crippen molar-refractivity contribution in [2.75, 3.05) is 31.0 Å². The first kappa shape index (κ1) is 19.6. The highest BCUT2D eigenvalue weighted by Gasteiger charge is 2.19. The van der Waals surface area contributed by atoms with E-state index in [0.717, 1.165) is 5.56 Å². The molecule has 2 aromatic rings. The summed E-state index contributed by atoms with van der Waals surface area (Å²) in [6.07, 6.45) is 0. The van der Waals surface area contributed by atoms with Gasteiger partial charge in [-0.05, 0) is 36.8 Å². The highest BCUT2D eigenvalue weighted by atomic mass is 35.5. The van der Waals surface area contributed by atoms with E-state index in [2.05, 4.69) is 5.32 Å². The standard InChI is InChI=1S/C19H21ClN2O4/c1-12-15(20)6-5-7-17(12)22(13(2)23)11-19(24)21-16-10-14(25-3)8-9-18(16)26-4/h5-10H,11H2,1-4H3,(H,21,24). The van der Waals surface area contributed by atoms with Gasteiger partial charge < -0.3 is 19.7 Å². The molecule has 0 heterocycles. The molecule has 0 spiro atoms. The number of nitrogens with zero attached hydrogens (tertiary/aromatic N) is 1. The number of methoxy groups -OCH3 is 2. The zero-order chi connectivity index (χ0) is 19.3. The Labute approximate surface area is 157 Å². The van der Waals surface area contributed by atoms with Gasteiger partial charge in [0.2, 0.25) is 11.8 Å². The molecule has 0 atom stereocenters. The average molecular weight is 377 g/mol. The van der Waals surface area contributed by atoms with Crippen LogP contribution in [0, 0.1) is 6.92 Å². The van der Waals surface area contributed by atoms with Crippen LogP contribution in [0.15, 0.2) is 36.4 Å². The van der Waals surface area contributed by atoms with Gasteiger partial charge in [-0.15, -0.1) is 0 Å². The summed E-state index contributed by atoms with van der Waals surface area (Å²) in [5.74, 6) is 0.442. The summed E-state index contributed by atoms with van der Waals surface area (Å²) in [6.45, 7) is 3.05. The average Bonchev–Trinajstić information content (AvgIpc) is 2.62. The molecular weight excluding hydrogens is 356 g/mol. The number of halogens is 1. The molecular formula is C19H21ClN2O4. The van der Waals surface area contributed by atoms with Gasteiger partial charge in [0.05, 0.1) is 19.9 Å². The third kappa shape index (κ3) is 4.46. The fourth-order valence-electron chi connectivity index (χ4n) is 2.50. The lowest BCUT2D eigenvalue weighted by Gasteiger charge is -2.23. The summed E-state index contributed by atoms with van der Waals surface area (Å²) in [7, 11) is 3.04. The number of rotatable bonds is 6. The van der Waals surface area contributed by atoms with Crippen LogP contribution in [0.4, 0.5) is 11.4 Å². The summed E-state index contributed by atoms with van der Waals surface area (Å²) < 4.78 is 10.4. The summed E-state index contributed by atoms with van der Waals surface area (Å²) >= 11 is 6.13. The number of carbonyl (C=O) groups excluding carboxylic acids is 2. The molecule has 7 heteroatoms. The highest BCUT2D eigenvalue weighted by molar-refractivity contribution is 6.31. The molecule has 0 saturated carbocycles. The largest absolute Gasteiger partial charge is 0.497 e. The monoisotopic (exact) mass is 376 g/mol. The molecule has 2 rings (SSSR count). The lowest BCUT2D eigenvalue weighted by atomic mass is 10.1. The van der Waals surface area contributed by atoms with Gasteiger partial charge in [-0.25, -0.2) is 0 Å². The molecule has 0 aliphatic carbocycles. The number of nitrogens with one attached hydrogen (secondary N) is 1. The first-order chi connectivity index (χ1) is 12.4. The Morgan fingerprint density at radius 3 is 2.50 bits per heavy atom. The van der Waals surface area contributed by atoms with Crippen molar-refractivity contribution in [3.63, 3.8) is 0 Å². The molecule has 1 N–H and O–H groups in total. The zero-order valence-corrected chi connectivity index (χ0v) is 15.9. The highest BCUT2D eigenvalue weighted by Crippen LogP contribution is 2.30. The van der Waals surface area contributed by atoms with Crippen LogP contribution in [0.2, 0.25) is 5.02 Å². The minimum Gasteiger partial charge on any atom is -0.497 e. The molecule has 0 fully saturated rings. The number of benzene rings is 2. The minimum atomic E-state index is -0.369. The van der Waals surface area contributed by atoms with Crippen LogP contribution in [0.5, 0.6) is 11.5 Å². The van der Waals surface area contributed by atoms with Gasteiger partial charge in [-0.2, -0.15) is 0 Å². The van der Waals surface area contributed by atoms with Crippen molar-refractivity contribution in [2.45, 2.75) is 13.8 Å². The van der Waals surface area contributed by atoms with Gasteiger partial charge in [0.1, 0.15) is 18.0 Å². The maximum atomic E-state index is 12.5. The molecule has 0 unspecified atom stereocenters. The second kappa shape index (κ2) is 8.58. The maximum absolute atomic E-state index is 12.5. The number of ether oxygens (including phenoxy) is 2. The lowest BCUT2D eigenvalue weighted by Crippen LogP contribution is -2.37. The Bertz CT molecular complexity index is 823. The van der Waals surface area contributed by atoms with Crippen LogP contribution < -0.4 is 19.7 Å². The Balaban J connectivity index is 2.24. The molecule has 0 saturated heterocycles. The topological polar surface area (TPSA) is 67.9 Å². The van der Waals surface area contributed by atoms with Crippen molar-refractivity contribution >= 4 is 34.8 Å². The minimum absolute atomic E-state index is 0.156. The van der Waals surface area contributed by atoms with E-state index < -0.39 is 0 Å². The van der Waals surface area contributed by atoms with Gasteiger partial charge in [0.25, 0.3) is 0 Å². The van der Waals surface area contributed by atoms with E-state index in [-0.39, 0.29) is 18.4 Å². The fourth-order valence-corrected chi connectivity index (χ4v) is 2.67. The predicted octanol–water partition coefficient (Wildman–Crippen LogP) is 3.66. The molecule has 0 aliphatic rings. The molecule has 26 heavy (non-hydrogen) atoms. The third-order valence-corrected chi connectivity index (χ3v) is 4.30. The Kier molecular flexibility index (Phi) is 6.46. The first-order valence-electron chi connectivity index (χ1n) is 7.92. The van der Waals surface area contributed by atoms with E-state index in [1.54, 1.807) is 43.3 Å². The number of amides is 2. The second-order valence-electron chi connectivity index (χ2n) is 5.60. The van der Waals surface area contributed by atoms with Gasteiger partial charge in [-0.1, -0.05) is 17.7 Å². The Morgan fingerprint density at radius 1 is 1.15 bits per heavy atom. The van der Waals surface area contributed by atoms with E-state index in [0.29, 0.717) is 27.9 Å². The summed E-state index contributed by atoms with van der Waals surface area (Å²) in [5, 5.41) is 3.29. The number of carbonyl (C=O) groups is 2. The molecule has 2 amide bonds. The van der Waals surface area contributed by atoms with E-state index in [1.165, 1.54) is 26.0 Å². The van der Waals surface area contributed by atoms with E-state index in [1.807, 2.05) is 0 Å². The molecule has 2 aromatic carbocycles. The van der Waals surface area contributed by atoms with Crippen molar-refractivity contribution < 1.29 is 19.1 Å². The van der Waals surface area contributed by atoms with E-state index >= 15 is 0 Å². The quantitative estimate of drug-likeness (QED) is 0.835. The smallest absolute Gasteiger partial charge is 0.244 e. The summed E-state index contributed by atoms with van der Waals surface area (Å²) in [4.78, 5) is 26.0. The summed E-state index contributed by atoms with van der Waals surface area (Å²) in [5.41, 5.74) is 1.79. The van der Waals surface area contributed by atoms with Crippen molar-refractivity contribution in [3.8, 4) is 11.5 Å². The van der Waals surface area contributed by atoms with E-state index in [4.69, 9.17) is 21.1 Å².